The largest absolute Gasteiger partial charge is 0.360 e. The molecule has 1 saturated heterocycles. The minimum Gasteiger partial charge on any atom is -0.360 e. The van der Waals surface area contributed by atoms with E-state index in [0.29, 0.717) is 34.2 Å². The third kappa shape index (κ3) is 4.25. The van der Waals surface area contributed by atoms with Gasteiger partial charge in [-0.3, -0.25) is 4.40 Å². The van der Waals surface area contributed by atoms with Gasteiger partial charge in [0.1, 0.15) is 5.65 Å². The predicted octanol–water partition coefficient (Wildman–Crippen LogP) is 4.74. The van der Waals surface area contributed by atoms with Crippen LogP contribution in [0.25, 0.3) is 32.9 Å². The summed E-state index contributed by atoms with van der Waals surface area (Å²) in [5, 5.41) is 0. The van der Waals surface area contributed by atoms with Crippen molar-refractivity contribution >= 4 is 23.1 Å². The molecule has 8 nitrogen and oxygen atoms in total. The average Bonchev–Trinajstić information content (AvgIpc) is 3.37. The minimum absolute atomic E-state index is 0.273. The van der Waals surface area contributed by atoms with E-state index in [-0.39, 0.29) is 5.82 Å². The van der Waals surface area contributed by atoms with Crippen LogP contribution in [0, 0.1) is 12.4 Å². The fraction of sp³-hybridized carbons (Fsp3) is 0.333. The summed E-state index contributed by atoms with van der Waals surface area (Å²) in [5.41, 5.74) is 4.08. The van der Waals surface area contributed by atoms with Crippen LogP contribution in [-0.2, 0) is 0 Å². The Kier molecular flexibility index (Phi) is 6.29. The zero-order chi connectivity index (χ0) is 25.4. The molecule has 0 spiro atoms. The molecule has 0 amide bonds. The molecule has 4 heterocycles. The Labute approximate surface area is 210 Å². The van der Waals surface area contributed by atoms with Gasteiger partial charge >= 0.3 is 0 Å². The number of imidazole rings is 1. The first-order valence-electron chi connectivity index (χ1n) is 12.0. The smallest absolute Gasteiger partial charge is 0.211 e. The van der Waals surface area contributed by atoms with Gasteiger partial charge in [-0.05, 0) is 38.6 Å². The van der Waals surface area contributed by atoms with Gasteiger partial charge in [0.25, 0.3) is 0 Å². The van der Waals surface area contributed by atoms with Gasteiger partial charge in [-0.25, -0.2) is 24.2 Å². The number of hydrogen-bond donors (Lipinski definition) is 0. The molecule has 0 atom stereocenters. The second kappa shape index (κ2) is 9.55. The highest BCUT2D eigenvalue weighted by Gasteiger charge is 2.26. The summed E-state index contributed by atoms with van der Waals surface area (Å²) in [5.74, 6) is 0.673. The lowest BCUT2D eigenvalue weighted by atomic mass is 10.0. The maximum absolute atomic E-state index is 15.0. The quantitative estimate of drug-likeness (QED) is 0.381. The lowest BCUT2D eigenvalue weighted by molar-refractivity contribution is 0.249. The fourth-order valence-corrected chi connectivity index (χ4v) is 4.84. The van der Waals surface area contributed by atoms with Crippen LogP contribution in [0.3, 0.4) is 0 Å². The highest BCUT2D eigenvalue weighted by Crippen LogP contribution is 2.38. The third-order valence-electron chi connectivity index (χ3n) is 6.81. The van der Waals surface area contributed by atoms with Crippen LogP contribution in [-0.4, -0.2) is 71.6 Å². The first-order valence-corrected chi connectivity index (χ1v) is 12.0. The van der Waals surface area contributed by atoms with Crippen molar-refractivity contribution in [3.05, 3.63) is 66.2 Å². The van der Waals surface area contributed by atoms with E-state index in [1.165, 1.54) is 6.07 Å². The molecular formula is C27H29FN8. The van der Waals surface area contributed by atoms with Crippen molar-refractivity contribution in [3.63, 3.8) is 0 Å². The number of rotatable bonds is 5. The summed E-state index contributed by atoms with van der Waals surface area (Å²) in [6.07, 6.45) is 7.42. The molecule has 36 heavy (non-hydrogen) atoms. The number of nitrogens with zero attached hydrogens (tertiary/aromatic N) is 8. The van der Waals surface area contributed by atoms with Gasteiger partial charge in [-0.15, -0.1) is 0 Å². The number of hydrogen-bond acceptors (Lipinski definition) is 6. The van der Waals surface area contributed by atoms with E-state index >= 15 is 4.39 Å². The molecule has 1 aliphatic heterocycles. The number of benzene rings is 1. The fourth-order valence-electron chi connectivity index (χ4n) is 4.84. The Morgan fingerprint density at radius 3 is 2.36 bits per heavy atom. The van der Waals surface area contributed by atoms with Crippen LogP contribution in [0.1, 0.15) is 12.8 Å². The van der Waals surface area contributed by atoms with Crippen LogP contribution in [0.4, 0.5) is 21.8 Å². The van der Waals surface area contributed by atoms with E-state index < -0.39 is 5.82 Å². The lowest BCUT2D eigenvalue weighted by Crippen LogP contribution is -2.43. The normalized spacial score (nSPS) is 14.4. The lowest BCUT2D eigenvalue weighted by Gasteiger charge is -2.36. The zero-order valence-corrected chi connectivity index (χ0v) is 21.0. The van der Waals surface area contributed by atoms with Crippen molar-refractivity contribution in [2.24, 2.45) is 0 Å². The second-order valence-electron chi connectivity index (χ2n) is 9.52. The molecule has 0 saturated carbocycles. The Hall–Kier alpha value is -4.03. The number of halogens is 1. The number of anilines is 2. The van der Waals surface area contributed by atoms with Crippen LogP contribution in [0.15, 0.2) is 48.9 Å². The van der Waals surface area contributed by atoms with Gasteiger partial charge in [0.05, 0.1) is 17.8 Å². The first kappa shape index (κ1) is 23.7. The van der Waals surface area contributed by atoms with Crippen molar-refractivity contribution in [2.75, 3.05) is 51.1 Å². The highest BCUT2D eigenvalue weighted by atomic mass is 19.1. The molecule has 0 aliphatic carbocycles. The van der Waals surface area contributed by atoms with Crippen LogP contribution in [0.5, 0.6) is 0 Å². The summed E-state index contributed by atoms with van der Waals surface area (Å²) in [6, 6.07) is 9.37. The van der Waals surface area contributed by atoms with Crippen molar-refractivity contribution < 1.29 is 4.39 Å². The minimum atomic E-state index is -0.411. The molecule has 5 rings (SSSR count). The van der Waals surface area contributed by atoms with Crippen LogP contribution in [0.2, 0.25) is 0 Å². The molecule has 184 valence electrons. The number of pyridine rings is 1. The molecule has 1 fully saturated rings. The molecule has 3 aromatic heterocycles. The third-order valence-corrected chi connectivity index (χ3v) is 6.81. The average molecular weight is 485 g/mol. The van der Waals surface area contributed by atoms with Gasteiger partial charge in [0, 0.05) is 57.4 Å². The van der Waals surface area contributed by atoms with E-state index in [1.54, 1.807) is 43.5 Å². The Morgan fingerprint density at radius 2 is 1.75 bits per heavy atom. The summed E-state index contributed by atoms with van der Waals surface area (Å²) in [6.45, 7) is 9.07. The standard InChI is InChI=1S/C27H29FN8/c1-29-20-8-6-18(7-9-20)24-23(19-16-22(28)25(31-17-19)34(4)5)26-30-12-15-36(26)27(32-24)35-13-10-21(11-14-35)33(2)3/h6-9,12,15-17,21H,10-11,13-14H2,2-5H3. The van der Waals surface area contributed by atoms with Gasteiger partial charge in [-0.2, -0.15) is 0 Å². The van der Waals surface area contributed by atoms with E-state index in [2.05, 4.69) is 38.7 Å². The van der Waals surface area contributed by atoms with Crippen LogP contribution < -0.4 is 9.80 Å². The number of fused-ring (bicyclic) bond motifs is 1. The molecule has 0 unspecified atom stereocenters. The second-order valence-corrected chi connectivity index (χ2v) is 9.52. The molecule has 1 aromatic carbocycles. The Balaban J connectivity index is 1.70. The van der Waals surface area contributed by atoms with E-state index in [9.17, 15) is 0 Å². The first-order chi connectivity index (χ1) is 17.4. The summed E-state index contributed by atoms with van der Waals surface area (Å²) in [4.78, 5) is 23.9. The SMILES string of the molecule is [C-]#[N+]c1ccc(-c2nc(N3CCC(N(C)C)CC3)n3ccnc3c2-c2cnc(N(C)C)c(F)c2)cc1. The Bertz CT molecular complexity index is 1430. The molecule has 9 heteroatoms. The summed E-state index contributed by atoms with van der Waals surface area (Å²) in [7, 11) is 7.78. The maximum Gasteiger partial charge on any atom is 0.211 e. The summed E-state index contributed by atoms with van der Waals surface area (Å²) >= 11 is 0. The topological polar surface area (TPSA) is 57.2 Å². The van der Waals surface area contributed by atoms with Crippen LogP contribution >= 0.6 is 0 Å². The molecular weight excluding hydrogens is 455 g/mol. The van der Waals surface area contributed by atoms with E-state index in [0.717, 1.165) is 37.4 Å². The molecule has 0 radical (unpaired) electrons. The van der Waals surface area contributed by atoms with Gasteiger partial charge in [0.2, 0.25) is 5.95 Å². The van der Waals surface area contributed by atoms with E-state index in [4.69, 9.17) is 11.6 Å². The highest BCUT2D eigenvalue weighted by molar-refractivity contribution is 5.91. The monoisotopic (exact) mass is 484 g/mol. The van der Waals surface area contributed by atoms with Crippen molar-refractivity contribution in [1.82, 2.24) is 24.3 Å². The van der Waals surface area contributed by atoms with Crippen molar-refractivity contribution in [3.8, 4) is 22.4 Å². The number of piperidine rings is 1. The van der Waals surface area contributed by atoms with Crippen molar-refractivity contribution in [1.29, 1.82) is 0 Å². The molecule has 1 aliphatic rings. The maximum atomic E-state index is 15.0. The molecule has 0 bridgehead atoms. The van der Waals surface area contributed by atoms with Gasteiger partial charge in [0.15, 0.2) is 17.3 Å². The summed E-state index contributed by atoms with van der Waals surface area (Å²) < 4.78 is 17.0. The molecule has 0 N–H and O–H groups in total. The van der Waals surface area contributed by atoms with E-state index in [1.807, 2.05) is 22.7 Å². The predicted molar refractivity (Wildman–Crippen MR) is 141 cm³/mol. The van der Waals surface area contributed by atoms with Crippen molar-refractivity contribution in [2.45, 2.75) is 18.9 Å². The van der Waals surface area contributed by atoms with Gasteiger partial charge in [-0.1, -0.05) is 24.3 Å². The number of aromatic nitrogens is 4. The van der Waals surface area contributed by atoms with Gasteiger partial charge < -0.3 is 14.7 Å². The molecule has 4 aromatic rings. The zero-order valence-electron chi connectivity index (χ0n) is 21.0. The Morgan fingerprint density at radius 1 is 1.03 bits per heavy atom.